The molecule has 0 spiro atoms. The van der Waals surface area contributed by atoms with Gasteiger partial charge in [-0.1, -0.05) is 358 Å². The summed E-state index contributed by atoms with van der Waals surface area (Å²) < 4.78 is 23.5. The van der Waals surface area contributed by atoms with Crippen molar-refractivity contribution in [1.29, 1.82) is 0 Å². The van der Waals surface area contributed by atoms with Crippen LogP contribution in [-0.4, -0.2) is 68.5 Å². The number of aliphatic hydroxyl groups excluding tert-OH is 1. The minimum atomic E-state index is -4.62. The second-order valence-corrected chi connectivity index (χ2v) is 28.7. The van der Waals surface area contributed by atoms with E-state index >= 15 is 0 Å². The van der Waals surface area contributed by atoms with Crippen LogP contribution in [0.5, 0.6) is 0 Å². The van der Waals surface area contributed by atoms with E-state index in [0.717, 1.165) is 44.9 Å². The molecule has 0 saturated carbocycles. The van der Waals surface area contributed by atoms with Crippen LogP contribution in [0.2, 0.25) is 0 Å². The van der Waals surface area contributed by atoms with E-state index in [1.165, 1.54) is 321 Å². The first-order chi connectivity index (χ1) is 42.0. The molecule has 0 fully saturated rings. The lowest BCUT2D eigenvalue weighted by Gasteiger charge is -2.29. The second-order valence-electron chi connectivity index (χ2n) is 27.3. The number of rotatable bonds is 71. The summed E-state index contributed by atoms with van der Waals surface area (Å²) in [6.07, 6.45) is 92.8. The SMILES string of the molecule is CCCCCCCCCC/C=C\CCCCCCCCCCCCCCCCCCCCCCCCCCCCCC(=O)NC(COP(=O)([O-])OCC[N+](C)(C)C)C(O)/C=C/CC/C=C/CC/C=C/CCCCCCCCCCCCCCCCC. The zero-order chi connectivity index (χ0) is 62.6. The van der Waals surface area contributed by atoms with E-state index < -0.39 is 26.6 Å². The zero-order valence-corrected chi connectivity index (χ0v) is 59.2. The van der Waals surface area contributed by atoms with Crippen LogP contribution in [0.1, 0.15) is 386 Å². The molecule has 0 aromatic carbocycles. The number of phosphoric acid groups is 1. The molecule has 0 saturated heterocycles. The summed E-state index contributed by atoms with van der Waals surface area (Å²) in [5.74, 6) is -0.204. The van der Waals surface area contributed by atoms with E-state index in [2.05, 4.69) is 55.6 Å². The van der Waals surface area contributed by atoms with E-state index in [0.29, 0.717) is 17.4 Å². The molecule has 0 heterocycles. The van der Waals surface area contributed by atoms with Crippen molar-refractivity contribution in [1.82, 2.24) is 5.32 Å². The summed E-state index contributed by atoms with van der Waals surface area (Å²) in [6, 6.07) is -0.911. The first-order valence-corrected chi connectivity index (χ1v) is 39.5. The largest absolute Gasteiger partial charge is 0.756 e. The number of amides is 1. The smallest absolute Gasteiger partial charge is 0.268 e. The van der Waals surface area contributed by atoms with Crippen LogP contribution in [0.15, 0.2) is 48.6 Å². The van der Waals surface area contributed by atoms with Gasteiger partial charge in [0.2, 0.25) is 5.91 Å². The van der Waals surface area contributed by atoms with Gasteiger partial charge < -0.3 is 28.8 Å². The summed E-state index contributed by atoms with van der Waals surface area (Å²) in [7, 11) is 1.25. The highest BCUT2D eigenvalue weighted by atomic mass is 31.2. The van der Waals surface area contributed by atoms with Crippen LogP contribution in [0, 0.1) is 0 Å². The summed E-state index contributed by atoms with van der Waals surface area (Å²) >= 11 is 0. The monoisotopic (exact) mass is 1230 g/mol. The molecular formula is C77H149N2O6P. The van der Waals surface area contributed by atoms with Gasteiger partial charge in [0.15, 0.2) is 0 Å². The first-order valence-electron chi connectivity index (χ1n) is 38.0. The van der Waals surface area contributed by atoms with Gasteiger partial charge in [0.25, 0.3) is 7.82 Å². The normalized spacial score (nSPS) is 13.8. The van der Waals surface area contributed by atoms with E-state index in [1.807, 2.05) is 27.2 Å². The van der Waals surface area contributed by atoms with Gasteiger partial charge in [0.05, 0.1) is 39.9 Å². The Morgan fingerprint density at radius 2 is 0.651 bits per heavy atom. The summed E-state index contributed by atoms with van der Waals surface area (Å²) in [4.78, 5) is 25.6. The molecule has 508 valence electrons. The fourth-order valence-electron chi connectivity index (χ4n) is 11.6. The molecule has 3 unspecified atom stereocenters. The predicted octanol–water partition coefficient (Wildman–Crippen LogP) is 23.9. The minimum Gasteiger partial charge on any atom is -0.756 e. The number of carbonyl (C=O) groups excluding carboxylic acids is 1. The Labute approximate surface area is 537 Å². The van der Waals surface area contributed by atoms with Gasteiger partial charge in [-0.2, -0.15) is 0 Å². The van der Waals surface area contributed by atoms with Crippen molar-refractivity contribution in [2.75, 3.05) is 40.9 Å². The molecule has 0 aliphatic heterocycles. The molecule has 86 heavy (non-hydrogen) atoms. The van der Waals surface area contributed by atoms with E-state index in [1.54, 1.807) is 6.08 Å². The fourth-order valence-corrected chi connectivity index (χ4v) is 12.3. The Bertz CT molecular complexity index is 1540. The fraction of sp³-hybridized carbons (Fsp3) is 0.883. The molecule has 0 rings (SSSR count). The molecule has 1 amide bonds. The molecule has 8 nitrogen and oxygen atoms in total. The quantitative estimate of drug-likeness (QED) is 0.0272. The highest BCUT2D eigenvalue weighted by molar-refractivity contribution is 7.45. The number of nitrogens with zero attached hydrogens (tertiary/aromatic N) is 1. The molecule has 9 heteroatoms. The van der Waals surface area contributed by atoms with Crippen molar-refractivity contribution in [3.63, 3.8) is 0 Å². The van der Waals surface area contributed by atoms with Crippen LogP contribution in [0.4, 0.5) is 0 Å². The van der Waals surface area contributed by atoms with Gasteiger partial charge in [-0.3, -0.25) is 9.36 Å². The number of aliphatic hydroxyl groups is 1. The van der Waals surface area contributed by atoms with Gasteiger partial charge in [-0.05, 0) is 70.6 Å². The molecule has 0 bridgehead atoms. The van der Waals surface area contributed by atoms with Crippen LogP contribution in [0.3, 0.4) is 0 Å². The van der Waals surface area contributed by atoms with Gasteiger partial charge in [0, 0.05) is 6.42 Å². The first kappa shape index (κ1) is 84.5. The summed E-state index contributed by atoms with van der Waals surface area (Å²) in [5.41, 5.74) is 0. The van der Waals surface area contributed by atoms with Crippen molar-refractivity contribution >= 4 is 13.7 Å². The zero-order valence-electron chi connectivity index (χ0n) is 58.3. The summed E-state index contributed by atoms with van der Waals surface area (Å²) in [5, 5.41) is 13.9. The minimum absolute atomic E-state index is 0.00770. The lowest BCUT2D eigenvalue weighted by atomic mass is 10.0. The maximum absolute atomic E-state index is 13.0. The number of unbranched alkanes of at least 4 members (excludes halogenated alkanes) is 52. The average Bonchev–Trinajstić information content (AvgIpc) is 3.70. The Hall–Kier alpha value is -1.54. The number of carbonyl (C=O) groups is 1. The number of allylic oxidation sites excluding steroid dienone is 7. The van der Waals surface area contributed by atoms with E-state index in [9.17, 15) is 19.4 Å². The summed E-state index contributed by atoms with van der Waals surface area (Å²) in [6.45, 7) is 4.68. The Morgan fingerprint density at radius 1 is 0.395 bits per heavy atom. The van der Waals surface area contributed by atoms with Crippen LogP contribution in [-0.2, 0) is 18.4 Å². The molecule has 0 aromatic rings. The molecule has 0 aromatic heterocycles. The van der Waals surface area contributed by atoms with Gasteiger partial charge in [-0.15, -0.1) is 0 Å². The van der Waals surface area contributed by atoms with Crippen molar-refractivity contribution < 1.29 is 32.9 Å². The van der Waals surface area contributed by atoms with E-state index in [4.69, 9.17) is 9.05 Å². The molecular weight excluding hydrogens is 1080 g/mol. The van der Waals surface area contributed by atoms with Crippen LogP contribution >= 0.6 is 7.82 Å². The number of nitrogens with one attached hydrogen (secondary N) is 1. The van der Waals surface area contributed by atoms with Gasteiger partial charge >= 0.3 is 0 Å². The third kappa shape index (κ3) is 69.9. The molecule has 0 aliphatic carbocycles. The molecule has 2 N–H and O–H groups in total. The number of likely N-dealkylation sites (N-methyl/N-ethyl adjacent to an activating group) is 1. The van der Waals surface area contributed by atoms with Gasteiger partial charge in [-0.25, -0.2) is 0 Å². The van der Waals surface area contributed by atoms with Crippen molar-refractivity contribution in [2.24, 2.45) is 0 Å². The Kier molecular flexibility index (Phi) is 66.6. The maximum atomic E-state index is 13.0. The second kappa shape index (κ2) is 67.8. The van der Waals surface area contributed by atoms with Crippen LogP contribution in [0.25, 0.3) is 0 Å². The lowest BCUT2D eigenvalue weighted by Crippen LogP contribution is -2.45. The average molecular weight is 1230 g/mol. The van der Waals surface area contributed by atoms with Crippen molar-refractivity contribution in [2.45, 2.75) is 398 Å². The number of quaternary nitrogens is 1. The third-order valence-corrected chi connectivity index (χ3v) is 18.5. The highest BCUT2D eigenvalue weighted by Gasteiger charge is 2.23. The van der Waals surface area contributed by atoms with Crippen molar-refractivity contribution in [3.8, 4) is 0 Å². The Balaban J connectivity index is 3.98. The molecule has 0 aliphatic rings. The standard InChI is InChI=1S/C77H149N2O6P/c1-6-8-10-12-14-16-18-20-22-24-26-28-30-32-33-34-35-36-37-38-39-40-41-42-43-44-45-47-49-51-53-55-57-59-61-63-65-67-69-71-77(81)78-75(74-85-86(82,83)84-73-72-79(3,4)5)76(80)70-68-66-64-62-60-58-56-54-52-50-48-46-31-29-27-25-23-21-19-17-15-13-11-9-7-2/h24,26,52,54,60,62,68,70,75-76,80H,6-23,25,27-51,53,55-59,61,63-67,69,71-74H2,1-5H3,(H-,78,81,82,83)/b26-24-,54-52+,62-60+,70-68+. The lowest BCUT2D eigenvalue weighted by molar-refractivity contribution is -0.870. The highest BCUT2D eigenvalue weighted by Crippen LogP contribution is 2.38. The topological polar surface area (TPSA) is 108 Å². The third-order valence-electron chi connectivity index (χ3n) is 17.5. The number of hydrogen-bond acceptors (Lipinski definition) is 6. The van der Waals surface area contributed by atoms with E-state index in [-0.39, 0.29) is 12.5 Å². The molecule has 0 radical (unpaired) electrons. The van der Waals surface area contributed by atoms with Crippen molar-refractivity contribution in [3.05, 3.63) is 48.6 Å². The predicted molar refractivity (Wildman–Crippen MR) is 376 cm³/mol. The van der Waals surface area contributed by atoms with Gasteiger partial charge in [0.1, 0.15) is 13.2 Å². The van der Waals surface area contributed by atoms with Crippen LogP contribution < -0.4 is 10.2 Å². The maximum Gasteiger partial charge on any atom is 0.268 e. The number of hydrogen-bond donors (Lipinski definition) is 2. The Morgan fingerprint density at radius 3 is 0.942 bits per heavy atom. The number of phosphoric ester groups is 1. The molecule has 3 atom stereocenters.